The van der Waals surface area contributed by atoms with Crippen molar-refractivity contribution in [1.82, 2.24) is 15.0 Å². The molecular weight excluding hydrogens is 322 g/mol. The maximum absolute atomic E-state index is 12.3. The highest BCUT2D eigenvalue weighted by molar-refractivity contribution is 5.97. The highest BCUT2D eigenvalue weighted by Gasteiger charge is 2.28. The first kappa shape index (κ1) is 16.5. The number of carboxylic acid groups (broad SMARTS) is 1. The highest BCUT2D eigenvalue weighted by Crippen LogP contribution is 2.29. The number of aromatic nitrogens is 2. The molecule has 2 N–H and O–H groups in total. The molecular formula is C18H17N3O4. The molecule has 0 fully saturated rings. The Labute approximate surface area is 143 Å². The van der Waals surface area contributed by atoms with Gasteiger partial charge in [-0.05, 0) is 19.1 Å². The number of benzene rings is 1. The maximum Gasteiger partial charge on any atom is 0.341 e. The first-order valence-corrected chi connectivity index (χ1v) is 7.69. The van der Waals surface area contributed by atoms with Crippen molar-refractivity contribution in [2.75, 3.05) is 0 Å². The SMILES string of the molecule is CC(NC(=O)c1cccn1C)c1onc(-c2ccccc2)c1C(=O)O. The number of carboxylic acids is 1. The number of nitrogens with one attached hydrogen (secondary N) is 1. The Balaban J connectivity index is 1.92. The first-order valence-electron chi connectivity index (χ1n) is 7.69. The molecule has 1 unspecified atom stereocenters. The number of aromatic carboxylic acids is 1. The fourth-order valence-electron chi connectivity index (χ4n) is 2.63. The van der Waals surface area contributed by atoms with E-state index in [1.54, 1.807) is 61.1 Å². The minimum absolute atomic E-state index is 0.0501. The van der Waals surface area contributed by atoms with Crippen molar-refractivity contribution in [3.63, 3.8) is 0 Å². The van der Waals surface area contributed by atoms with Gasteiger partial charge in [0, 0.05) is 18.8 Å². The zero-order chi connectivity index (χ0) is 18.0. The van der Waals surface area contributed by atoms with E-state index in [-0.39, 0.29) is 22.9 Å². The smallest absolute Gasteiger partial charge is 0.341 e. The van der Waals surface area contributed by atoms with Crippen LogP contribution in [0.5, 0.6) is 0 Å². The van der Waals surface area contributed by atoms with Crippen LogP contribution in [0.3, 0.4) is 0 Å². The summed E-state index contributed by atoms with van der Waals surface area (Å²) in [5.74, 6) is -1.38. The van der Waals surface area contributed by atoms with Gasteiger partial charge in [-0.1, -0.05) is 35.5 Å². The van der Waals surface area contributed by atoms with E-state index in [0.717, 1.165) is 0 Å². The highest BCUT2D eigenvalue weighted by atomic mass is 16.5. The fourth-order valence-corrected chi connectivity index (χ4v) is 2.63. The molecule has 1 atom stereocenters. The van der Waals surface area contributed by atoms with Gasteiger partial charge in [-0.3, -0.25) is 4.79 Å². The van der Waals surface area contributed by atoms with Crippen molar-refractivity contribution < 1.29 is 19.2 Å². The van der Waals surface area contributed by atoms with Gasteiger partial charge < -0.3 is 19.5 Å². The molecule has 0 aliphatic rings. The molecule has 0 radical (unpaired) electrons. The predicted molar refractivity (Wildman–Crippen MR) is 90.2 cm³/mol. The van der Waals surface area contributed by atoms with Gasteiger partial charge in [0.1, 0.15) is 17.0 Å². The van der Waals surface area contributed by atoms with Crippen LogP contribution in [-0.2, 0) is 7.05 Å². The fraction of sp³-hybridized carbons (Fsp3) is 0.167. The van der Waals surface area contributed by atoms with Crippen LogP contribution in [0.4, 0.5) is 0 Å². The van der Waals surface area contributed by atoms with Gasteiger partial charge in [0.05, 0.1) is 6.04 Å². The van der Waals surface area contributed by atoms with Crippen molar-refractivity contribution in [2.24, 2.45) is 7.05 Å². The normalized spacial score (nSPS) is 11.9. The molecule has 0 aliphatic heterocycles. The third-order valence-corrected chi connectivity index (χ3v) is 3.90. The van der Waals surface area contributed by atoms with Crippen molar-refractivity contribution in [3.8, 4) is 11.3 Å². The number of carbonyl (C=O) groups excluding carboxylic acids is 1. The van der Waals surface area contributed by atoms with Crippen LogP contribution in [0.2, 0.25) is 0 Å². The van der Waals surface area contributed by atoms with Gasteiger partial charge >= 0.3 is 5.97 Å². The van der Waals surface area contributed by atoms with Gasteiger partial charge in [-0.25, -0.2) is 4.79 Å². The van der Waals surface area contributed by atoms with E-state index in [1.165, 1.54) is 0 Å². The maximum atomic E-state index is 12.3. The molecule has 0 saturated carbocycles. The Morgan fingerprint density at radius 2 is 1.92 bits per heavy atom. The number of rotatable bonds is 5. The molecule has 2 aromatic heterocycles. The Bertz CT molecular complexity index is 912. The molecule has 25 heavy (non-hydrogen) atoms. The second-order valence-electron chi connectivity index (χ2n) is 5.64. The van der Waals surface area contributed by atoms with E-state index < -0.39 is 12.0 Å². The Kier molecular flexibility index (Phi) is 4.38. The van der Waals surface area contributed by atoms with Crippen LogP contribution in [0.25, 0.3) is 11.3 Å². The van der Waals surface area contributed by atoms with Crippen molar-refractivity contribution >= 4 is 11.9 Å². The molecule has 0 saturated heterocycles. The van der Waals surface area contributed by atoms with E-state index in [9.17, 15) is 14.7 Å². The monoisotopic (exact) mass is 339 g/mol. The minimum atomic E-state index is -1.16. The summed E-state index contributed by atoms with van der Waals surface area (Å²) in [4.78, 5) is 24.1. The average molecular weight is 339 g/mol. The van der Waals surface area contributed by atoms with Crippen LogP contribution in [0.15, 0.2) is 53.2 Å². The van der Waals surface area contributed by atoms with E-state index in [4.69, 9.17) is 4.52 Å². The van der Waals surface area contributed by atoms with Crippen molar-refractivity contribution in [3.05, 3.63) is 65.7 Å². The Hall–Kier alpha value is -3.35. The van der Waals surface area contributed by atoms with Gasteiger partial charge in [-0.15, -0.1) is 0 Å². The number of carbonyl (C=O) groups is 2. The summed E-state index contributed by atoms with van der Waals surface area (Å²) in [6.45, 7) is 1.66. The molecule has 3 aromatic rings. The number of hydrogen-bond donors (Lipinski definition) is 2. The van der Waals surface area contributed by atoms with Gasteiger partial charge in [0.15, 0.2) is 5.76 Å². The lowest BCUT2D eigenvalue weighted by Gasteiger charge is -2.12. The van der Waals surface area contributed by atoms with Crippen LogP contribution in [-0.4, -0.2) is 26.7 Å². The lowest BCUT2D eigenvalue weighted by atomic mass is 10.0. The zero-order valence-corrected chi connectivity index (χ0v) is 13.8. The zero-order valence-electron chi connectivity index (χ0n) is 13.8. The third kappa shape index (κ3) is 3.16. The summed E-state index contributed by atoms with van der Waals surface area (Å²) in [6.07, 6.45) is 1.75. The Morgan fingerprint density at radius 1 is 1.20 bits per heavy atom. The standard InChI is InChI=1S/C18H17N3O4/c1-11(19-17(22)13-9-6-10-21(13)2)16-14(18(23)24)15(20-25-16)12-7-4-3-5-8-12/h3-11H,1-2H3,(H,19,22)(H,23,24). The summed E-state index contributed by atoms with van der Waals surface area (Å²) >= 11 is 0. The third-order valence-electron chi connectivity index (χ3n) is 3.90. The molecule has 7 nitrogen and oxygen atoms in total. The first-order chi connectivity index (χ1) is 12.0. The van der Waals surface area contributed by atoms with Gasteiger partial charge in [0.25, 0.3) is 5.91 Å². The molecule has 0 spiro atoms. The summed E-state index contributed by atoms with van der Waals surface area (Å²) in [5.41, 5.74) is 1.29. The minimum Gasteiger partial charge on any atom is -0.477 e. The number of hydrogen-bond acceptors (Lipinski definition) is 4. The van der Waals surface area contributed by atoms with E-state index in [2.05, 4.69) is 10.5 Å². The largest absolute Gasteiger partial charge is 0.477 e. The molecule has 1 amide bonds. The number of amides is 1. The molecule has 128 valence electrons. The quantitative estimate of drug-likeness (QED) is 0.745. The van der Waals surface area contributed by atoms with Crippen molar-refractivity contribution in [1.29, 1.82) is 0 Å². The number of aryl methyl sites for hydroxylation is 1. The lowest BCUT2D eigenvalue weighted by Crippen LogP contribution is -2.28. The van der Waals surface area contributed by atoms with Crippen LogP contribution in [0.1, 0.15) is 39.6 Å². The van der Waals surface area contributed by atoms with E-state index in [0.29, 0.717) is 11.3 Å². The Morgan fingerprint density at radius 3 is 2.52 bits per heavy atom. The second-order valence-corrected chi connectivity index (χ2v) is 5.64. The lowest BCUT2D eigenvalue weighted by molar-refractivity contribution is 0.0692. The van der Waals surface area contributed by atoms with E-state index in [1.807, 2.05) is 6.07 Å². The summed E-state index contributed by atoms with van der Waals surface area (Å²) in [5, 5.41) is 16.2. The second kappa shape index (κ2) is 6.64. The van der Waals surface area contributed by atoms with Crippen LogP contribution >= 0.6 is 0 Å². The summed E-state index contributed by atoms with van der Waals surface area (Å²) in [6, 6.07) is 11.7. The molecule has 0 aliphatic carbocycles. The van der Waals surface area contributed by atoms with Crippen LogP contribution in [0, 0.1) is 0 Å². The van der Waals surface area contributed by atoms with Gasteiger partial charge in [0.2, 0.25) is 0 Å². The molecule has 7 heteroatoms. The summed E-state index contributed by atoms with van der Waals surface area (Å²) < 4.78 is 6.95. The number of nitrogens with zero attached hydrogens (tertiary/aromatic N) is 2. The van der Waals surface area contributed by atoms with Crippen molar-refractivity contribution in [2.45, 2.75) is 13.0 Å². The molecule has 1 aromatic carbocycles. The van der Waals surface area contributed by atoms with Gasteiger partial charge in [-0.2, -0.15) is 0 Å². The predicted octanol–water partition coefficient (Wildman–Crippen LogP) is 2.87. The summed E-state index contributed by atoms with van der Waals surface area (Å²) in [7, 11) is 1.75. The molecule has 3 rings (SSSR count). The van der Waals surface area contributed by atoms with Crippen LogP contribution < -0.4 is 5.32 Å². The van der Waals surface area contributed by atoms with E-state index >= 15 is 0 Å². The molecule has 0 bridgehead atoms. The average Bonchev–Trinajstić information content (AvgIpc) is 3.21. The topological polar surface area (TPSA) is 97.4 Å². The molecule has 2 heterocycles.